The van der Waals surface area contributed by atoms with Gasteiger partial charge in [0.05, 0.1) is 6.04 Å². The molecular formula is C19H24N2O. The van der Waals surface area contributed by atoms with Gasteiger partial charge in [-0.2, -0.15) is 0 Å². The van der Waals surface area contributed by atoms with Crippen LogP contribution in [0.3, 0.4) is 0 Å². The fourth-order valence-corrected chi connectivity index (χ4v) is 2.82. The van der Waals surface area contributed by atoms with E-state index in [4.69, 9.17) is 5.73 Å². The van der Waals surface area contributed by atoms with E-state index < -0.39 is 0 Å². The summed E-state index contributed by atoms with van der Waals surface area (Å²) < 4.78 is 0. The summed E-state index contributed by atoms with van der Waals surface area (Å²) in [5.41, 5.74) is 8.04. The number of primary amides is 1. The Morgan fingerprint density at radius 2 is 1.32 bits per heavy atom. The average molecular weight is 296 g/mol. The van der Waals surface area contributed by atoms with E-state index in [0.717, 1.165) is 0 Å². The van der Waals surface area contributed by atoms with Gasteiger partial charge in [-0.1, -0.05) is 74.5 Å². The molecule has 1 amide bonds. The molecule has 0 spiro atoms. The molecule has 0 heterocycles. The van der Waals surface area contributed by atoms with Crippen molar-refractivity contribution < 1.29 is 4.79 Å². The molecule has 0 saturated carbocycles. The van der Waals surface area contributed by atoms with Crippen molar-refractivity contribution in [3.63, 3.8) is 0 Å². The Morgan fingerprint density at radius 1 is 0.909 bits per heavy atom. The van der Waals surface area contributed by atoms with Crippen LogP contribution in [0.25, 0.3) is 0 Å². The smallest absolute Gasteiger partial charge is 0.235 e. The Kier molecular flexibility index (Phi) is 5.73. The molecule has 3 nitrogen and oxygen atoms in total. The van der Waals surface area contributed by atoms with Crippen molar-refractivity contribution in [1.29, 1.82) is 0 Å². The predicted octanol–water partition coefficient (Wildman–Crippen LogP) is 3.20. The molecule has 0 aromatic heterocycles. The van der Waals surface area contributed by atoms with Crippen molar-refractivity contribution in [3.05, 3.63) is 71.8 Å². The lowest BCUT2D eigenvalue weighted by Crippen LogP contribution is -2.47. The highest BCUT2D eigenvalue weighted by atomic mass is 16.1. The van der Waals surface area contributed by atoms with Crippen molar-refractivity contribution in [2.75, 3.05) is 0 Å². The number of nitrogens with zero attached hydrogens (tertiary/aromatic N) is 1. The number of hydrogen-bond donors (Lipinski definition) is 1. The topological polar surface area (TPSA) is 46.3 Å². The molecular weight excluding hydrogens is 272 g/mol. The molecule has 1 atom stereocenters. The van der Waals surface area contributed by atoms with Crippen molar-refractivity contribution in [2.24, 2.45) is 11.7 Å². The first-order chi connectivity index (χ1) is 10.6. The number of nitrogens with two attached hydrogens (primary N) is 1. The van der Waals surface area contributed by atoms with Gasteiger partial charge in [-0.25, -0.2) is 0 Å². The summed E-state index contributed by atoms with van der Waals surface area (Å²) in [5, 5.41) is 0. The Hall–Kier alpha value is -2.13. The van der Waals surface area contributed by atoms with Crippen LogP contribution in [0, 0.1) is 5.92 Å². The molecule has 3 heteroatoms. The highest BCUT2D eigenvalue weighted by Gasteiger charge is 2.27. The molecule has 2 rings (SSSR count). The van der Waals surface area contributed by atoms with Gasteiger partial charge < -0.3 is 5.73 Å². The van der Waals surface area contributed by atoms with E-state index in [2.05, 4.69) is 29.2 Å². The zero-order chi connectivity index (χ0) is 15.9. The van der Waals surface area contributed by atoms with E-state index in [1.54, 1.807) is 0 Å². The standard InChI is InChI=1S/C19H24N2O/c1-15(2)18(19(20)22)21(13-16-9-5-3-6-10-16)14-17-11-7-4-8-12-17/h3-12,15,18H,13-14H2,1-2H3,(H2,20,22). The third-order valence-corrected chi connectivity index (χ3v) is 3.77. The third kappa shape index (κ3) is 4.43. The first kappa shape index (κ1) is 16.2. The summed E-state index contributed by atoms with van der Waals surface area (Å²) in [6.45, 7) is 5.50. The minimum atomic E-state index is -0.277. The molecule has 0 aliphatic heterocycles. The molecule has 0 fully saturated rings. The summed E-state index contributed by atoms with van der Waals surface area (Å²) in [6, 6.07) is 20.1. The Bertz CT molecular complexity index is 539. The Labute approximate surface area is 132 Å². The monoisotopic (exact) mass is 296 g/mol. The fraction of sp³-hybridized carbons (Fsp3) is 0.316. The maximum absolute atomic E-state index is 11.9. The molecule has 116 valence electrons. The van der Waals surface area contributed by atoms with Crippen molar-refractivity contribution >= 4 is 5.91 Å². The van der Waals surface area contributed by atoms with Gasteiger partial charge in [0.2, 0.25) is 5.91 Å². The zero-order valence-electron chi connectivity index (χ0n) is 13.3. The zero-order valence-corrected chi connectivity index (χ0v) is 13.3. The predicted molar refractivity (Wildman–Crippen MR) is 90.0 cm³/mol. The van der Waals surface area contributed by atoms with Crippen LogP contribution in [0.5, 0.6) is 0 Å². The van der Waals surface area contributed by atoms with E-state index in [1.807, 2.05) is 50.2 Å². The van der Waals surface area contributed by atoms with Crippen LogP contribution in [0.2, 0.25) is 0 Å². The lowest BCUT2D eigenvalue weighted by atomic mass is 10.00. The number of rotatable bonds is 7. The maximum Gasteiger partial charge on any atom is 0.235 e. The molecule has 22 heavy (non-hydrogen) atoms. The Morgan fingerprint density at radius 3 is 1.64 bits per heavy atom. The van der Waals surface area contributed by atoms with Crippen molar-refractivity contribution in [3.8, 4) is 0 Å². The van der Waals surface area contributed by atoms with Crippen molar-refractivity contribution in [2.45, 2.75) is 33.0 Å². The van der Waals surface area contributed by atoms with Crippen LogP contribution in [0.1, 0.15) is 25.0 Å². The van der Waals surface area contributed by atoms with Crippen molar-refractivity contribution in [1.82, 2.24) is 4.90 Å². The molecule has 0 saturated heterocycles. The van der Waals surface area contributed by atoms with E-state index >= 15 is 0 Å². The second-order valence-corrected chi connectivity index (χ2v) is 5.97. The van der Waals surface area contributed by atoms with Gasteiger partial charge in [-0.3, -0.25) is 9.69 Å². The van der Waals surface area contributed by atoms with Gasteiger partial charge in [0.15, 0.2) is 0 Å². The summed E-state index contributed by atoms with van der Waals surface area (Å²) in [6.07, 6.45) is 0. The summed E-state index contributed by atoms with van der Waals surface area (Å²) >= 11 is 0. The van der Waals surface area contributed by atoms with Gasteiger partial charge >= 0.3 is 0 Å². The first-order valence-electron chi connectivity index (χ1n) is 7.69. The maximum atomic E-state index is 11.9. The van der Waals surface area contributed by atoms with Gasteiger partial charge in [0.1, 0.15) is 0 Å². The van der Waals surface area contributed by atoms with Crippen LogP contribution in [-0.2, 0) is 17.9 Å². The largest absolute Gasteiger partial charge is 0.368 e. The minimum Gasteiger partial charge on any atom is -0.368 e. The van der Waals surface area contributed by atoms with E-state index in [0.29, 0.717) is 13.1 Å². The molecule has 2 aromatic rings. The van der Waals surface area contributed by atoms with Gasteiger partial charge in [0.25, 0.3) is 0 Å². The summed E-state index contributed by atoms with van der Waals surface area (Å²) in [7, 11) is 0. The second kappa shape index (κ2) is 7.76. The van der Waals surface area contributed by atoms with Crippen LogP contribution < -0.4 is 5.73 Å². The fourth-order valence-electron chi connectivity index (χ4n) is 2.82. The number of carbonyl (C=O) groups is 1. The molecule has 1 unspecified atom stereocenters. The van der Waals surface area contributed by atoms with E-state index in [1.165, 1.54) is 11.1 Å². The van der Waals surface area contributed by atoms with Crippen LogP contribution >= 0.6 is 0 Å². The van der Waals surface area contributed by atoms with Gasteiger partial charge in [-0.05, 0) is 17.0 Å². The van der Waals surface area contributed by atoms with Gasteiger partial charge in [-0.15, -0.1) is 0 Å². The Balaban J connectivity index is 2.25. The number of carbonyl (C=O) groups excluding carboxylic acids is 1. The summed E-state index contributed by atoms with van der Waals surface area (Å²) in [4.78, 5) is 14.1. The van der Waals surface area contributed by atoms with Crippen LogP contribution in [-0.4, -0.2) is 16.8 Å². The quantitative estimate of drug-likeness (QED) is 0.853. The first-order valence-corrected chi connectivity index (χ1v) is 7.69. The van der Waals surface area contributed by atoms with Crippen LogP contribution in [0.4, 0.5) is 0 Å². The van der Waals surface area contributed by atoms with Crippen LogP contribution in [0.15, 0.2) is 60.7 Å². The lowest BCUT2D eigenvalue weighted by Gasteiger charge is -2.32. The van der Waals surface area contributed by atoms with E-state index in [-0.39, 0.29) is 17.9 Å². The molecule has 0 radical (unpaired) electrons. The normalized spacial score (nSPS) is 12.5. The number of benzene rings is 2. The highest BCUT2D eigenvalue weighted by Crippen LogP contribution is 2.18. The number of hydrogen-bond acceptors (Lipinski definition) is 2. The molecule has 0 bridgehead atoms. The highest BCUT2D eigenvalue weighted by molar-refractivity contribution is 5.80. The number of amides is 1. The molecule has 2 aromatic carbocycles. The minimum absolute atomic E-state index is 0.171. The summed E-state index contributed by atoms with van der Waals surface area (Å²) in [5.74, 6) is -0.0909. The average Bonchev–Trinajstić information content (AvgIpc) is 2.48. The van der Waals surface area contributed by atoms with E-state index in [9.17, 15) is 4.79 Å². The molecule has 0 aliphatic carbocycles. The third-order valence-electron chi connectivity index (χ3n) is 3.77. The molecule has 0 aliphatic rings. The second-order valence-electron chi connectivity index (χ2n) is 5.97. The van der Waals surface area contributed by atoms with Gasteiger partial charge in [0, 0.05) is 13.1 Å². The lowest BCUT2D eigenvalue weighted by molar-refractivity contribution is -0.125. The SMILES string of the molecule is CC(C)C(C(N)=O)N(Cc1ccccc1)Cc1ccccc1. The molecule has 2 N–H and O–H groups in total.